The average molecular weight is 550 g/mol. The molecule has 1 N–H and O–H groups in total. The molecule has 2 nitrogen and oxygen atoms in total. The molecule has 2 rings (SSSR count). The maximum Gasteiger partial charge on any atom is 0.460 e. The van der Waals surface area contributed by atoms with Crippen molar-refractivity contribution in [2.75, 3.05) is 5.32 Å². The molecule has 0 aliphatic carbocycles. The quantitative estimate of drug-likeness (QED) is 0.351. The van der Waals surface area contributed by atoms with Gasteiger partial charge < -0.3 is 5.32 Å². The minimum atomic E-state index is -8.04. The smallest absolute Gasteiger partial charge is 0.322 e. The summed E-state index contributed by atoms with van der Waals surface area (Å²) >= 11 is 5.59. The summed E-state index contributed by atoms with van der Waals surface area (Å²) in [5, 5.41) is 2.02. The Balaban J connectivity index is 2.59. The fourth-order valence-corrected chi connectivity index (χ4v) is 2.75. The summed E-state index contributed by atoms with van der Waals surface area (Å²) in [5.41, 5.74) is -4.05. The van der Waals surface area contributed by atoms with Crippen LogP contribution in [-0.2, 0) is 5.92 Å². The summed E-state index contributed by atoms with van der Waals surface area (Å²) in [6.45, 7) is 0. The first kappa shape index (κ1) is 28.5. The van der Waals surface area contributed by atoms with Crippen LogP contribution in [0.2, 0.25) is 5.02 Å². The van der Waals surface area contributed by atoms with E-state index in [1.54, 1.807) is 0 Å². The number of anilines is 1. The van der Waals surface area contributed by atoms with Gasteiger partial charge in [-0.15, -0.1) is 0 Å². The second kappa shape index (κ2) is 8.75. The third kappa shape index (κ3) is 4.49. The van der Waals surface area contributed by atoms with Crippen molar-refractivity contribution < 1.29 is 61.9 Å². The van der Waals surface area contributed by atoms with E-state index in [1.165, 1.54) is 12.1 Å². The molecule has 0 saturated heterocycles. The number of rotatable bonds is 7. The molecular formula is C19H9ClF13NO. The van der Waals surface area contributed by atoms with Gasteiger partial charge in [0.05, 0.1) is 0 Å². The van der Waals surface area contributed by atoms with Crippen LogP contribution >= 0.6 is 11.6 Å². The van der Waals surface area contributed by atoms with Crippen LogP contribution in [-0.4, -0.2) is 35.8 Å². The summed E-state index contributed by atoms with van der Waals surface area (Å²) in [4.78, 5) is 12.3. The van der Waals surface area contributed by atoms with Gasteiger partial charge in [0.2, 0.25) is 0 Å². The second-order valence-electron chi connectivity index (χ2n) is 6.88. The standard InChI is InChI=1S/C19H9ClF13NO/c20-9-5-7-10(8-6-9)34-13(35)11-3-1-2-4-12(11)14(21,22)15(23,24)16(25,26)17(27,28)18(29,30)19(31,32)33/h1-8H,(H,34,35). The largest absolute Gasteiger partial charge is 0.460 e. The number of benzene rings is 2. The lowest BCUT2D eigenvalue weighted by atomic mass is 9.88. The number of nitrogens with one attached hydrogen (secondary N) is 1. The molecule has 2 aromatic rings. The third-order valence-corrected chi connectivity index (χ3v) is 4.80. The lowest BCUT2D eigenvalue weighted by Gasteiger charge is -2.40. The third-order valence-electron chi connectivity index (χ3n) is 4.55. The Morgan fingerprint density at radius 2 is 1.09 bits per heavy atom. The molecular weight excluding hydrogens is 541 g/mol. The minimum absolute atomic E-state index is 0.0964. The molecule has 0 unspecified atom stereocenters. The summed E-state index contributed by atoms with van der Waals surface area (Å²) < 4.78 is 175. The molecule has 16 heteroatoms. The lowest BCUT2D eigenvalue weighted by molar-refractivity contribution is -0.441. The first-order chi connectivity index (χ1) is 15.6. The van der Waals surface area contributed by atoms with Crippen molar-refractivity contribution in [2.24, 2.45) is 0 Å². The van der Waals surface area contributed by atoms with Crippen LogP contribution in [0.1, 0.15) is 15.9 Å². The SMILES string of the molecule is O=C(Nc1ccc(Cl)cc1)c1ccccc1C(F)(F)C(F)(F)C(F)(F)C(F)(F)C(F)(F)C(F)(F)F. The zero-order valence-corrected chi connectivity index (χ0v) is 17.1. The van der Waals surface area contributed by atoms with E-state index in [4.69, 9.17) is 11.6 Å². The van der Waals surface area contributed by atoms with Gasteiger partial charge in [-0.3, -0.25) is 4.79 Å². The Bertz CT molecular complexity index is 1080. The molecule has 0 aromatic heterocycles. The number of alkyl halides is 13. The van der Waals surface area contributed by atoms with Crippen LogP contribution < -0.4 is 5.32 Å². The Morgan fingerprint density at radius 3 is 1.57 bits per heavy atom. The van der Waals surface area contributed by atoms with Crippen LogP contribution in [0.15, 0.2) is 48.5 Å². The van der Waals surface area contributed by atoms with Gasteiger partial charge in [0.15, 0.2) is 0 Å². The molecule has 0 heterocycles. The monoisotopic (exact) mass is 549 g/mol. The molecule has 194 valence electrons. The van der Waals surface area contributed by atoms with Crippen molar-refractivity contribution in [3.8, 4) is 0 Å². The zero-order chi connectivity index (χ0) is 27.3. The summed E-state index contributed by atoms with van der Waals surface area (Å²) in [5.74, 6) is -39.6. The molecule has 1 amide bonds. The highest BCUT2D eigenvalue weighted by molar-refractivity contribution is 6.30. The van der Waals surface area contributed by atoms with E-state index in [1.807, 2.05) is 5.32 Å². The fraction of sp³-hybridized carbons (Fsp3) is 0.316. The molecule has 0 aliphatic heterocycles. The van der Waals surface area contributed by atoms with Gasteiger partial charge in [-0.25, -0.2) is 0 Å². The van der Waals surface area contributed by atoms with Gasteiger partial charge in [0.1, 0.15) is 0 Å². The lowest BCUT2D eigenvalue weighted by Crippen LogP contribution is -2.69. The van der Waals surface area contributed by atoms with Crippen LogP contribution in [0.3, 0.4) is 0 Å². The summed E-state index contributed by atoms with van der Waals surface area (Å²) in [6, 6.07) is 6.03. The van der Waals surface area contributed by atoms with E-state index in [0.29, 0.717) is 12.1 Å². The maximum absolute atomic E-state index is 14.6. The van der Waals surface area contributed by atoms with Gasteiger partial charge in [-0.05, 0) is 30.3 Å². The number of hydrogen-bond donors (Lipinski definition) is 1. The van der Waals surface area contributed by atoms with Crippen molar-refractivity contribution in [2.45, 2.75) is 35.8 Å². The second-order valence-corrected chi connectivity index (χ2v) is 7.31. The summed E-state index contributed by atoms with van der Waals surface area (Å²) in [7, 11) is 0. The zero-order valence-electron chi connectivity index (χ0n) is 16.3. The van der Waals surface area contributed by atoms with Crippen molar-refractivity contribution in [3.63, 3.8) is 0 Å². The highest BCUT2D eigenvalue weighted by Crippen LogP contribution is 2.62. The van der Waals surface area contributed by atoms with Gasteiger partial charge in [0, 0.05) is 21.8 Å². The van der Waals surface area contributed by atoms with E-state index >= 15 is 0 Å². The van der Waals surface area contributed by atoms with E-state index in [-0.39, 0.29) is 16.8 Å². The van der Waals surface area contributed by atoms with Gasteiger partial charge in [0.25, 0.3) is 5.91 Å². The predicted octanol–water partition coefficient (Wildman–Crippen LogP) is 7.79. The van der Waals surface area contributed by atoms with E-state index in [9.17, 15) is 61.9 Å². The maximum atomic E-state index is 14.6. The van der Waals surface area contributed by atoms with E-state index in [0.717, 1.165) is 18.2 Å². The van der Waals surface area contributed by atoms with Crippen molar-refractivity contribution in [1.29, 1.82) is 0 Å². The van der Waals surface area contributed by atoms with E-state index < -0.39 is 52.8 Å². The topological polar surface area (TPSA) is 29.1 Å². The average Bonchev–Trinajstić information content (AvgIpc) is 2.74. The highest BCUT2D eigenvalue weighted by Gasteiger charge is 2.91. The van der Waals surface area contributed by atoms with Crippen LogP contribution in [0.5, 0.6) is 0 Å². The van der Waals surface area contributed by atoms with Crippen molar-refractivity contribution >= 4 is 23.2 Å². The highest BCUT2D eigenvalue weighted by atomic mass is 35.5. The molecule has 0 aliphatic rings. The van der Waals surface area contributed by atoms with Gasteiger partial charge in [-0.2, -0.15) is 57.1 Å². The number of hydrogen-bond acceptors (Lipinski definition) is 1. The molecule has 0 saturated carbocycles. The Labute approximate surface area is 191 Å². The Morgan fingerprint density at radius 1 is 0.629 bits per heavy atom. The van der Waals surface area contributed by atoms with Crippen LogP contribution in [0.4, 0.5) is 62.8 Å². The fourth-order valence-electron chi connectivity index (χ4n) is 2.63. The molecule has 0 fully saturated rings. The number of halogens is 14. The minimum Gasteiger partial charge on any atom is -0.322 e. The Kier molecular flexibility index (Phi) is 7.13. The Hall–Kier alpha value is -2.71. The number of carbonyl (C=O) groups excluding carboxylic acids is 1. The molecule has 0 radical (unpaired) electrons. The van der Waals surface area contributed by atoms with E-state index in [2.05, 4.69) is 0 Å². The van der Waals surface area contributed by atoms with Crippen LogP contribution in [0, 0.1) is 0 Å². The molecule has 2 aromatic carbocycles. The molecule has 0 atom stereocenters. The predicted molar refractivity (Wildman–Crippen MR) is 95.6 cm³/mol. The van der Waals surface area contributed by atoms with Crippen molar-refractivity contribution in [3.05, 3.63) is 64.7 Å². The first-order valence-corrected chi connectivity index (χ1v) is 9.13. The van der Waals surface area contributed by atoms with Gasteiger partial charge >= 0.3 is 35.8 Å². The van der Waals surface area contributed by atoms with Gasteiger partial charge in [-0.1, -0.05) is 29.8 Å². The molecule has 0 bridgehead atoms. The first-order valence-electron chi connectivity index (χ1n) is 8.75. The number of carbonyl (C=O) groups is 1. The number of amides is 1. The van der Waals surface area contributed by atoms with Crippen LogP contribution in [0.25, 0.3) is 0 Å². The molecule has 35 heavy (non-hydrogen) atoms. The normalized spacial score (nSPS) is 14.1. The molecule has 0 spiro atoms. The summed E-state index contributed by atoms with van der Waals surface area (Å²) in [6.07, 6.45) is -7.51. The van der Waals surface area contributed by atoms with Crippen molar-refractivity contribution in [1.82, 2.24) is 0 Å².